The highest BCUT2D eigenvalue weighted by Crippen LogP contribution is 2.07. The minimum atomic E-state index is 0.713. The molecule has 0 aliphatic carbocycles. The Kier molecular flexibility index (Phi) is 7.49. The number of nitrogens with zero attached hydrogens (tertiary/aromatic N) is 2. The summed E-state index contributed by atoms with van der Waals surface area (Å²) in [4.78, 5) is 6.45. The Morgan fingerprint density at radius 1 is 1.47 bits per heavy atom. The predicted octanol–water partition coefficient (Wildman–Crippen LogP) is 3.87. The minimum Gasteiger partial charge on any atom is -0.363 e. The number of aliphatic imine (C=N–C) groups is 1. The maximum atomic E-state index is 5.71. The van der Waals surface area contributed by atoms with Gasteiger partial charge in [0, 0.05) is 24.8 Å². The molecule has 0 aromatic heterocycles. The normalized spacial score (nSPS) is 15.3. The molecule has 0 heterocycles. The van der Waals surface area contributed by atoms with Crippen molar-refractivity contribution in [3.63, 3.8) is 0 Å². The minimum absolute atomic E-state index is 0.713. The van der Waals surface area contributed by atoms with E-state index < -0.39 is 0 Å². The molecule has 0 aromatic carbocycles. The van der Waals surface area contributed by atoms with Gasteiger partial charge in [-0.1, -0.05) is 31.9 Å². The van der Waals surface area contributed by atoms with Gasteiger partial charge in [-0.3, -0.25) is 0 Å². The van der Waals surface area contributed by atoms with Crippen LogP contribution in [0.2, 0.25) is 0 Å². The summed E-state index contributed by atoms with van der Waals surface area (Å²) in [5.41, 5.74) is 0. The lowest BCUT2D eigenvalue weighted by Gasteiger charge is -2.20. The summed E-state index contributed by atoms with van der Waals surface area (Å²) >= 11 is 5.71. The van der Waals surface area contributed by atoms with Crippen LogP contribution in [0.4, 0.5) is 0 Å². The molecule has 1 unspecified atom stereocenters. The van der Waals surface area contributed by atoms with Gasteiger partial charge in [-0.15, -0.1) is 0 Å². The van der Waals surface area contributed by atoms with Crippen LogP contribution in [0, 0.1) is 5.92 Å². The quantitative estimate of drug-likeness (QED) is 0.517. The average Bonchev–Trinajstić information content (AvgIpc) is 2.21. The molecule has 2 nitrogen and oxygen atoms in total. The number of rotatable bonds is 5. The van der Waals surface area contributed by atoms with Crippen molar-refractivity contribution in [1.82, 2.24) is 4.90 Å². The number of hydrogen-bond acceptors (Lipinski definition) is 1. The van der Waals surface area contributed by atoms with E-state index in [0.717, 1.165) is 18.3 Å². The van der Waals surface area contributed by atoms with Crippen LogP contribution in [-0.4, -0.2) is 24.3 Å². The maximum absolute atomic E-state index is 5.71. The van der Waals surface area contributed by atoms with Gasteiger partial charge in [0.25, 0.3) is 0 Å². The van der Waals surface area contributed by atoms with Gasteiger partial charge in [-0.05, 0) is 26.2 Å². The Balaban J connectivity index is 4.04. The largest absolute Gasteiger partial charge is 0.363 e. The van der Waals surface area contributed by atoms with Crippen LogP contribution in [0.15, 0.2) is 16.2 Å². The lowest BCUT2D eigenvalue weighted by Crippen LogP contribution is -2.26. The number of allylic oxidation sites excluding steroid dienone is 1. The Morgan fingerprint density at radius 2 is 2.07 bits per heavy atom. The van der Waals surface area contributed by atoms with Crippen LogP contribution in [0.5, 0.6) is 0 Å². The Hall–Kier alpha value is -0.500. The van der Waals surface area contributed by atoms with E-state index >= 15 is 0 Å². The summed E-state index contributed by atoms with van der Waals surface area (Å²) in [6.07, 6.45) is 4.14. The van der Waals surface area contributed by atoms with Crippen LogP contribution in [-0.2, 0) is 0 Å². The monoisotopic (exact) mass is 230 g/mol. The lowest BCUT2D eigenvalue weighted by atomic mass is 10.1. The topological polar surface area (TPSA) is 15.6 Å². The van der Waals surface area contributed by atoms with E-state index in [4.69, 9.17) is 11.6 Å². The van der Waals surface area contributed by atoms with Crippen molar-refractivity contribution in [2.45, 2.75) is 40.5 Å². The fourth-order valence-corrected chi connectivity index (χ4v) is 1.11. The second-order valence-electron chi connectivity index (χ2n) is 4.12. The first-order valence-electron chi connectivity index (χ1n) is 5.55. The zero-order chi connectivity index (χ0) is 11.8. The molecule has 0 radical (unpaired) electrons. The van der Waals surface area contributed by atoms with E-state index in [0.29, 0.717) is 5.03 Å². The standard InChI is InChI=1S/C12H23ClN2/c1-6-10(2)7-8-15(5)12(4)14-9-11(3)13/h9-10H,6-8H2,1-5H3/b11-9+,14-12+. The van der Waals surface area contributed by atoms with Gasteiger partial charge in [0.1, 0.15) is 5.84 Å². The Labute approximate surface area is 99.0 Å². The molecule has 0 bridgehead atoms. The first-order chi connectivity index (χ1) is 6.97. The third-order valence-corrected chi connectivity index (χ3v) is 2.73. The number of amidine groups is 1. The van der Waals surface area contributed by atoms with E-state index in [1.807, 2.05) is 13.8 Å². The fourth-order valence-electron chi connectivity index (χ4n) is 1.06. The van der Waals surface area contributed by atoms with Crippen molar-refractivity contribution in [3.05, 3.63) is 11.2 Å². The van der Waals surface area contributed by atoms with Gasteiger partial charge in [-0.25, -0.2) is 4.99 Å². The zero-order valence-electron chi connectivity index (χ0n) is 10.5. The lowest BCUT2D eigenvalue weighted by molar-refractivity contribution is 0.412. The Morgan fingerprint density at radius 3 is 2.53 bits per heavy atom. The molecule has 0 aliphatic heterocycles. The molecule has 0 amide bonds. The van der Waals surface area contributed by atoms with Gasteiger partial charge >= 0.3 is 0 Å². The van der Waals surface area contributed by atoms with E-state index in [1.165, 1.54) is 12.8 Å². The van der Waals surface area contributed by atoms with E-state index in [9.17, 15) is 0 Å². The summed E-state index contributed by atoms with van der Waals surface area (Å²) in [7, 11) is 2.07. The zero-order valence-corrected chi connectivity index (χ0v) is 11.3. The average molecular weight is 231 g/mol. The van der Waals surface area contributed by atoms with Gasteiger partial charge < -0.3 is 4.90 Å². The molecule has 1 atom stereocenters. The smallest absolute Gasteiger partial charge is 0.101 e. The van der Waals surface area contributed by atoms with Gasteiger partial charge in [0.2, 0.25) is 0 Å². The summed E-state index contributed by atoms with van der Waals surface area (Å²) in [6, 6.07) is 0. The van der Waals surface area contributed by atoms with E-state index in [-0.39, 0.29) is 0 Å². The molecule has 0 fully saturated rings. The second kappa shape index (κ2) is 7.75. The molecule has 0 aromatic rings. The molecule has 88 valence electrons. The molecular formula is C12H23ClN2. The first kappa shape index (κ1) is 14.5. The highest BCUT2D eigenvalue weighted by Gasteiger charge is 2.03. The van der Waals surface area contributed by atoms with Crippen LogP contribution in [0.1, 0.15) is 40.5 Å². The van der Waals surface area contributed by atoms with Crippen LogP contribution in [0.3, 0.4) is 0 Å². The summed E-state index contributed by atoms with van der Waals surface area (Å²) < 4.78 is 0. The molecule has 0 saturated heterocycles. The third kappa shape index (κ3) is 7.43. The van der Waals surface area contributed by atoms with Gasteiger partial charge in [-0.2, -0.15) is 0 Å². The van der Waals surface area contributed by atoms with E-state index in [2.05, 4.69) is 30.8 Å². The summed E-state index contributed by atoms with van der Waals surface area (Å²) in [5, 5.41) is 0.713. The SMILES string of the molecule is CCC(C)CCN(C)/C(C)=N/C=C(\C)Cl. The van der Waals surface area contributed by atoms with Gasteiger partial charge in [0.15, 0.2) is 0 Å². The highest BCUT2D eigenvalue weighted by molar-refractivity contribution is 6.29. The molecule has 0 aliphatic rings. The molecule has 0 rings (SSSR count). The van der Waals surface area contributed by atoms with Crippen LogP contribution in [0.25, 0.3) is 0 Å². The molecular weight excluding hydrogens is 208 g/mol. The fraction of sp³-hybridized carbons (Fsp3) is 0.750. The number of hydrogen-bond donors (Lipinski definition) is 0. The molecule has 0 saturated carbocycles. The molecule has 0 spiro atoms. The van der Waals surface area contributed by atoms with Crippen molar-refractivity contribution in [2.24, 2.45) is 10.9 Å². The van der Waals surface area contributed by atoms with E-state index in [1.54, 1.807) is 6.20 Å². The van der Waals surface area contributed by atoms with Crippen molar-refractivity contribution in [1.29, 1.82) is 0 Å². The number of halogens is 1. The summed E-state index contributed by atoms with van der Waals surface area (Å²) in [6.45, 7) is 9.40. The van der Waals surface area contributed by atoms with Crippen molar-refractivity contribution in [3.8, 4) is 0 Å². The van der Waals surface area contributed by atoms with Crippen molar-refractivity contribution < 1.29 is 0 Å². The van der Waals surface area contributed by atoms with Crippen molar-refractivity contribution >= 4 is 17.4 Å². The molecule has 15 heavy (non-hydrogen) atoms. The van der Waals surface area contributed by atoms with Gasteiger partial charge in [0.05, 0.1) is 0 Å². The second-order valence-corrected chi connectivity index (χ2v) is 4.71. The van der Waals surface area contributed by atoms with Crippen LogP contribution < -0.4 is 0 Å². The molecule has 0 N–H and O–H groups in total. The first-order valence-corrected chi connectivity index (χ1v) is 5.93. The Bertz CT molecular complexity index is 230. The third-order valence-electron chi connectivity index (χ3n) is 2.64. The van der Waals surface area contributed by atoms with Crippen LogP contribution >= 0.6 is 11.6 Å². The van der Waals surface area contributed by atoms with Crippen molar-refractivity contribution in [2.75, 3.05) is 13.6 Å². The predicted molar refractivity (Wildman–Crippen MR) is 69.4 cm³/mol. The maximum Gasteiger partial charge on any atom is 0.101 e. The molecule has 3 heteroatoms. The highest BCUT2D eigenvalue weighted by atomic mass is 35.5. The summed E-state index contributed by atoms with van der Waals surface area (Å²) in [5.74, 6) is 1.80.